The zero-order valence-corrected chi connectivity index (χ0v) is 16.8. The third kappa shape index (κ3) is 5.79. The van der Waals surface area contributed by atoms with E-state index in [-0.39, 0.29) is 5.91 Å². The highest BCUT2D eigenvalue weighted by atomic mass is 35.5. The van der Waals surface area contributed by atoms with E-state index in [9.17, 15) is 4.79 Å². The first-order valence-corrected chi connectivity index (χ1v) is 9.30. The quantitative estimate of drug-likeness (QED) is 0.487. The van der Waals surface area contributed by atoms with Crippen LogP contribution in [0.1, 0.15) is 15.9 Å². The van der Waals surface area contributed by atoms with E-state index < -0.39 is 0 Å². The van der Waals surface area contributed by atoms with Gasteiger partial charge in [0.25, 0.3) is 5.91 Å². The van der Waals surface area contributed by atoms with Crippen LogP contribution in [0.3, 0.4) is 0 Å². The molecule has 0 aliphatic carbocycles. The van der Waals surface area contributed by atoms with Crippen molar-refractivity contribution in [2.24, 2.45) is 0 Å². The molecule has 0 fully saturated rings. The van der Waals surface area contributed by atoms with Gasteiger partial charge in [0.1, 0.15) is 29.5 Å². The predicted molar refractivity (Wildman–Crippen MR) is 113 cm³/mol. The zero-order chi connectivity index (χ0) is 20.6. The summed E-state index contributed by atoms with van der Waals surface area (Å²) in [7, 11) is 1.51. The SMILES string of the molecule is COc1ccc(Cl)cc1C(=O)NCCNc1cc(Nc2cc(C)ccn2)ncn1. The number of carbonyl (C=O) groups is 1. The topological polar surface area (TPSA) is 101 Å². The lowest BCUT2D eigenvalue weighted by Crippen LogP contribution is -2.29. The summed E-state index contributed by atoms with van der Waals surface area (Å²) in [6, 6.07) is 10.5. The van der Waals surface area contributed by atoms with Crippen molar-refractivity contribution in [1.82, 2.24) is 20.3 Å². The van der Waals surface area contributed by atoms with Crippen molar-refractivity contribution in [3.63, 3.8) is 0 Å². The van der Waals surface area contributed by atoms with Crippen molar-refractivity contribution in [2.75, 3.05) is 30.8 Å². The minimum atomic E-state index is -0.262. The van der Waals surface area contributed by atoms with Crippen LogP contribution in [0, 0.1) is 6.92 Å². The lowest BCUT2D eigenvalue weighted by Gasteiger charge is -2.11. The van der Waals surface area contributed by atoms with E-state index in [1.807, 2.05) is 19.1 Å². The Labute approximate surface area is 173 Å². The summed E-state index contributed by atoms with van der Waals surface area (Å²) >= 11 is 5.97. The van der Waals surface area contributed by atoms with E-state index in [1.165, 1.54) is 13.4 Å². The largest absolute Gasteiger partial charge is 0.496 e. The molecule has 0 spiro atoms. The molecular weight excluding hydrogens is 392 g/mol. The molecule has 0 aliphatic rings. The predicted octanol–water partition coefficient (Wildman–Crippen LogP) is 3.43. The molecule has 9 heteroatoms. The van der Waals surface area contributed by atoms with Gasteiger partial charge in [0.15, 0.2) is 0 Å². The molecule has 2 aromatic heterocycles. The molecule has 0 saturated heterocycles. The summed E-state index contributed by atoms with van der Waals surface area (Å²) < 4.78 is 5.20. The molecule has 3 N–H and O–H groups in total. The Morgan fingerprint density at radius 3 is 2.62 bits per heavy atom. The van der Waals surface area contributed by atoms with Crippen LogP contribution < -0.4 is 20.7 Å². The number of benzene rings is 1. The van der Waals surface area contributed by atoms with Crippen molar-refractivity contribution in [2.45, 2.75) is 6.92 Å². The summed E-state index contributed by atoms with van der Waals surface area (Å²) in [6.45, 7) is 2.86. The van der Waals surface area contributed by atoms with Gasteiger partial charge in [-0.05, 0) is 42.8 Å². The molecule has 0 bridgehead atoms. The molecule has 8 nitrogen and oxygen atoms in total. The minimum Gasteiger partial charge on any atom is -0.496 e. The van der Waals surface area contributed by atoms with Crippen LogP contribution in [-0.2, 0) is 0 Å². The zero-order valence-electron chi connectivity index (χ0n) is 16.1. The minimum absolute atomic E-state index is 0.262. The summed E-state index contributed by atoms with van der Waals surface area (Å²) in [4.78, 5) is 25.0. The van der Waals surface area contributed by atoms with E-state index in [1.54, 1.807) is 30.5 Å². The fraction of sp³-hybridized carbons (Fsp3) is 0.200. The Hall–Kier alpha value is -3.39. The van der Waals surface area contributed by atoms with E-state index in [0.29, 0.717) is 46.9 Å². The first-order valence-electron chi connectivity index (χ1n) is 8.92. The van der Waals surface area contributed by atoms with Crippen LogP contribution in [0.25, 0.3) is 0 Å². The number of anilines is 3. The standard InChI is InChI=1S/C20H21ClN6O2/c1-13-5-6-22-18(9-13)27-19-11-17(25-12-26-19)23-7-8-24-20(28)15-10-14(21)3-4-16(15)29-2/h3-6,9-12H,7-8H2,1-2H3,(H,24,28)(H2,22,23,25,26,27). The van der Waals surface area contributed by atoms with Gasteiger partial charge >= 0.3 is 0 Å². The number of aryl methyl sites for hydroxylation is 1. The third-order valence-corrected chi connectivity index (χ3v) is 4.20. The number of hydrogen-bond donors (Lipinski definition) is 3. The molecule has 3 aromatic rings. The Morgan fingerprint density at radius 1 is 1.03 bits per heavy atom. The number of pyridine rings is 1. The van der Waals surface area contributed by atoms with E-state index in [0.717, 1.165) is 5.56 Å². The highest BCUT2D eigenvalue weighted by Crippen LogP contribution is 2.22. The van der Waals surface area contributed by atoms with Crippen LogP contribution in [-0.4, -0.2) is 41.1 Å². The number of rotatable bonds is 8. The van der Waals surface area contributed by atoms with E-state index in [2.05, 4.69) is 30.9 Å². The normalized spacial score (nSPS) is 10.3. The molecule has 1 aromatic carbocycles. The maximum atomic E-state index is 12.4. The van der Waals surface area contributed by atoms with Gasteiger partial charge in [-0.25, -0.2) is 15.0 Å². The van der Waals surface area contributed by atoms with Crippen molar-refractivity contribution in [3.05, 3.63) is 65.1 Å². The van der Waals surface area contributed by atoms with Gasteiger partial charge in [0, 0.05) is 30.4 Å². The van der Waals surface area contributed by atoms with Crippen molar-refractivity contribution < 1.29 is 9.53 Å². The molecular formula is C20H21ClN6O2. The number of nitrogens with zero attached hydrogens (tertiary/aromatic N) is 3. The molecule has 0 radical (unpaired) electrons. The number of amides is 1. The van der Waals surface area contributed by atoms with Gasteiger partial charge in [0.2, 0.25) is 0 Å². The van der Waals surface area contributed by atoms with Gasteiger partial charge in [-0.2, -0.15) is 0 Å². The highest BCUT2D eigenvalue weighted by Gasteiger charge is 2.12. The molecule has 1 amide bonds. The number of methoxy groups -OCH3 is 1. The first-order chi connectivity index (χ1) is 14.0. The van der Waals surface area contributed by atoms with Gasteiger partial charge in [-0.15, -0.1) is 0 Å². The summed E-state index contributed by atoms with van der Waals surface area (Å²) in [6.07, 6.45) is 3.19. The second kappa shape index (κ2) is 9.70. The lowest BCUT2D eigenvalue weighted by molar-refractivity contribution is 0.0952. The smallest absolute Gasteiger partial charge is 0.255 e. The third-order valence-electron chi connectivity index (χ3n) is 3.96. The van der Waals surface area contributed by atoms with E-state index >= 15 is 0 Å². The average molecular weight is 413 g/mol. The van der Waals surface area contributed by atoms with Crippen molar-refractivity contribution in [1.29, 1.82) is 0 Å². The number of aromatic nitrogens is 3. The monoisotopic (exact) mass is 412 g/mol. The summed E-state index contributed by atoms with van der Waals surface area (Å²) in [5.41, 5.74) is 1.49. The lowest BCUT2D eigenvalue weighted by atomic mass is 10.2. The molecule has 0 unspecified atom stereocenters. The van der Waals surface area contributed by atoms with Crippen LogP contribution in [0.4, 0.5) is 17.5 Å². The number of ether oxygens (including phenoxy) is 1. The molecule has 2 heterocycles. The Kier molecular flexibility index (Phi) is 6.80. The van der Waals surface area contributed by atoms with Crippen molar-refractivity contribution in [3.8, 4) is 5.75 Å². The Bertz CT molecular complexity index is 998. The molecule has 29 heavy (non-hydrogen) atoms. The van der Waals surface area contributed by atoms with Crippen molar-refractivity contribution >= 4 is 35.0 Å². The fourth-order valence-corrected chi connectivity index (χ4v) is 2.75. The molecule has 150 valence electrons. The second-order valence-electron chi connectivity index (χ2n) is 6.16. The van der Waals surface area contributed by atoms with Crippen LogP contribution in [0.15, 0.2) is 48.9 Å². The van der Waals surface area contributed by atoms with Crippen LogP contribution >= 0.6 is 11.6 Å². The molecule has 0 atom stereocenters. The molecule has 0 saturated carbocycles. The van der Waals surface area contributed by atoms with Gasteiger partial charge in [-0.1, -0.05) is 11.6 Å². The fourth-order valence-electron chi connectivity index (χ4n) is 2.58. The number of hydrogen-bond acceptors (Lipinski definition) is 7. The molecule has 0 aliphatic heterocycles. The Balaban J connectivity index is 1.52. The summed E-state index contributed by atoms with van der Waals surface area (Å²) in [5.74, 6) is 2.16. The number of carbonyl (C=O) groups excluding carboxylic acids is 1. The van der Waals surface area contributed by atoms with Gasteiger partial charge < -0.3 is 20.7 Å². The number of halogens is 1. The average Bonchev–Trinajstić information content (AvgIpc) is 2.71. The molecule has 3 rings (SSSR count). The number of nitrogens with one attached hydrogen (secondary N) is 3. The van der Waals surface area contributed by atoms with Crippen LogP contribution in [0.2, 0.25) is 5.02 Å². The van der Waals surface area contributed by atoms with Gasteiger partial charge in [-0.3, -0.25) is 4.79 Å². The van der Waals surface area contributed by atoms with Crippen LogP contribution in [0.5, 0.6) is 5.75 Å². The highest BCUT2D eigenvalue weighted by molar-refractivity contribution is 6.31. The second-order valence-corrected chi connectivity index (χ2v) is 6.60. The van der Waals surface area contributed by atoms with E-state index in [4.69, 9.17) is 16.3 Å². The summed E-state index contributed by atoms with van der Waals surface area (Å²) in [5, 5.41) is 9.57. The first kappa shape index (κ1) is 20.3. The maximum Gasteiger partial charge on any atom is 0.255 e. The van der Waals surface area contributed by atoms with Gasteiger partial charge in [0.05, 0.1) is 12.7 Å². The Morgan fingerprint density at radius 2 is 1.83 bits per heavy atom. The maximum absolute atomic E-state index is 12.4.